The van der Waals surface area contributed by atoms with Crippen molar-refractivity contribution in [3.8, 4) is 16.9 Å². The molecule has 8 nitrogen and oxygen atoms in total. The molecule has 3 heterocycles. The number of benzene rings is 1. The molecule has 3 aromatic rings. The third kappa shape index (κ3) is 5.15. The molecule has 0 amide bonds. The van der Waals surface area contributed by atoms with Crippen molar-refractivity contribution in [1.82, 2.24) is 15.0 Å². The first-order valence-electron chi connectivity index (χ1n) is 9.72. The molecule has 0 bridgehead atoms. The van der Waals surface area contributed by atoms with Crippen molar-refractivity contribution >= 4 is 17.5 Å². The standard InChI is InChI=1S/C21H21F2N5O3/c1-13-12-28(8-9-30-13)21-24-7-6-18(27-21)26-17-10-15(11-25-19(17)29)14-2-4-16(5-3-14)31-20(22)23/h2-7,10-11,13,20H,8-9,12H2,1H3,(H,25,29)(H,24,26,27). The molecule has 1 aliphatic heterocycles. The summed E-state index contributed by atoms with van der Waals surface area (Å²) in [6.45, 7) is 1.09. The SMILES string of the molecule is CC1CN(c2nccc(Nc3cc(-c4ccc(OC(F)F)cc4)c[nH]c3=O)n2)CCO1. The first kappa shape index (κ1) is 20.7. The summed E-state index contributed by atoms with van der Waals surface area (Å²) in [5, 5.41) is 3.03. The highest BCUT2D eigenvalue weighted by molar-refractivity contribution is 5.69. The summed E-state index contributed by atoms with van der Waals surface area (Å²) in [6.07, 6.45) is 3.27. The van der Waals surface area contributed by atoms with Gasteiger partial charge in [-0.15, -0.1) is 0 Å². The van der Waals surface area contributed by atoms with Gasteiger partial charge in [0.15, 0.2) is 0 Å². The third-order valence-corrected chi connectivity index (χ3v) is 4.75. The lowest BCUT2D eigenvalue weighted by molar-refractivity contribution is -0.0498. The van der Waals surface area contributed by atoms with Crippen molar-refractivity contribution in [1.29, 1.82) is 0 Å². The molecule has 0 saturated carbocycles. The van der Waals surface area contributed by atoms with Crippen LogP contribution in [0.4, 0.5) is 26.2 Å². The van der Waals surface area contributed by atoms with Gasteiger partial charge in [0, 0.05) is 31.0 Å². The van der Waals surface area contributed by atoms with Crippen molar-refractivity contribution in [3.63, 3.8) is 0 Å². The van der Waals surface area contributed by atoms with Crippen LogP contribution in [0.15, 0.2) is 53.6 Å². The van der Waals surface area contributed by atoms with Crippen molar-refractivity contribution in [2.45, 2.75) is 19.6 Å². The number of rotatable bonds is 6. The Balaban J connectivity index is 1.54. The lowest BCUT2D eigenvalue weighted by Gasteiger charge is -2.31. The number of halogens is 2. The summed E-state index contributed by atoms with van der Waals surface area (Å²) in [4.78, 5) is 25.9. The van der Waals surface area contributed by atoms with Crippen molar-refractivity contribution in [2.24, 2.45) is 0 Å². The number of alkyl halides is 2. The summed E-state index contributed by atoms with van der Waals surface area (Å²) in [6, 6.07) is 9.50. The molecule has 10 heteroatoms. The lowest BCUT2D eigenvalue weighted by atomic mass is 10.1. The molecule has 1 fully saturated rings. The number of pyridine rings is 1. The zero-order valence-corrected chi connectivity index (χ0v) is 16.7. The molecule has 0 aliphatic carbocycles. The number of ether oxygens (including phenoxy) is 2. The Morgan fingerprint density at radius 1 is 1.26 bits per heavy atom. The largest absolute Gasteiger partial charge is 0.435 e. The fourth-order valence-corrected chi connectivity index (χ4v) is 3.28. The molecule has 2 aromatic heterocycles. The smallest absolute Gasteiger partial charge is 0.387 e. The summed E-state index contributed by atoms with van der Waals surface area (Å²) >= 11 is 0. The third-order valence-electron chi connectivity index (χ3n) is 4.75. The van der Waals surface area contributed by atoms with Gasteiger partial charge >= 0.3 is 6.61 Å². The van der Waals surface area contributed by atoms with Crippen LogP contribution in [-0.4, -0.2) is 47.4 Å². The summed E-state index contributed by atoms with van der Waals surface area (Å²) in [5.41, 5.74) is 1.40. The van der Waals surface area contributed by atoms with Crippen molar-refractivity contribution in [3.05, 3.63) is 59.1 Å². The predicted molar refractivity (Wildman–Crippen MR) is 112 cm³/mol. The highest BCUT2D eigenvalue weighted by Crippen LogP contribution is 2.25. The second-order valence-corrected chi connectivity index (χ2v) is 7.03. The molecule has 1 unspecified atom stereocenters. The van der Waals surface area contributed by atoms with Crippen LogP contribution in [-0.2, 0) is 4.74 Å². The molecule has 162 valence electrons. The number of nitrogens with zero attached hydrogens (tertiary/aromatic N) is 3. The van der Waals surface area contributed by atoms with E-state index in [0.29, 0.717) is 42.7 Å². The van der Waals surface area contributed by atoms with Crippen LogP contribution in [0.1, 0.15) is 6.92 Å². The van der Waals surface area contributed by atoms with Gasteiger partial charge in [0.2, 0.25) is 5.95 Å². The average molecular weight is 429 g/mol. The van der Waals surface area contributed by atoms with Gasteiger partial charge < -0.3 is 24.7 Å². The monoisotopic (exact) mass is 429 g/mol. The van der Waals surface area contributed by atoms with Crippen LogP contribution in [0.3, 0.4) is 0 Å². The minimum Gasteiger partial charge on any atom is -0.435 e. The van der Waals surface area contributed by atoms with E-state index in [4.69, 9.17) is 4.74 Å². The van der Waals surface area contributed by atoms with Gasteiger partial charge in [0.25, 0.3) is 5.56 Å². The molecule has 0 spiro atoms. The van der Waals surface area contributed by atoms with Crippen LogP contribution in [0.25, 0.3) is 11.1 Å². The normalized spacial score (nSPS) is 16.4. The number of morpholine rings is 1. The van der Waals surface area contributed by atoms with Crippen LogP contribution in [0, 0.1) is 0 Å². The first-order valence-corrected chi connectivity index (χ1v) is 9.72. The Bertz CT molecular complexity index is 1090. The van der Waals surface area contributed by atoms with Crippen LogP contribution >= 0.6 is 0 Å². The van der Waals surface area contributed by atoms with Gasteiger partial charge in [-0.05, 0) is 36.8 Å². The maximum absolute atomic E-state index is 12.3. The molecule has 0 radical (unpaired) electrons. The second-order valence-electron chi connectivity index (χ2n) is 7.03. The first-order chi connectivity index (χ1) is 15.0. The number of aromatic amines is 1. The topological polar surface area (TPSA) is 92.4 Å². The number of nitrogens with one attached hydrogen (secondary N) is 2. The van der Waals surface area contributed by atoms with Gasteiger partial charge in [-0.2, -0.15) is 13.8 Å². The maximum Gasteiger partial charge on any atom is 0.387 e. The quantitative estimate of drug-likeness (QED) is 0.620. The fourth-order valence-electron chi connectivity index (χ4n) is 3.28. The summed E-state index contributed by atoms with van der Waals surface area (Å²) in [7, 11) is 0. The van der Waals surface area contributed by atoms with Crippen LogP contribution in [0.2, 0.25) is 0 Å². The number of hydrogen-bond donors (Lipinski definition) is 2. The van der Waals surface area contributed by atoms with Crippen molar-refractivity contribution in [2.75, 3.05) is 29.9 Å². The molecular weight excluding hydrogens is 408 g/mol. The predicted octanol–water partition coefficient (Wildman–Crippen LogP) is 3.40. The zero-order chi connectivity index (χ0) is 21.8. The van der Waals surface area contributed by atoms with E-state index in [-0.39, 0.29) is 17.4 Å². The second kappa shape index (κ2) is 9.09. The Kier molecular flexibility index (Phi) is 6.08. The summed E-state index contributed by atoms with van der Waals surface area (Å²) < 4.78 is 34.6. The van der Waals surface area contributed by atoms with Gasteiger partial charge in [-0.3, -0.25) is 4.79 Å². The zero-order valence-electron chi connectivity index (χ0n) is 16.7. The van der Waals surface area contributed by atoms with E-state index in [9.17, 15) is 13.6 Å². The summed E-state index contributed by atoms with van der Waals surface area (Å²) in [5.74, 6) is 1.10. The molecule has 1 atom stereocenters. The van der Waals surface area contributed by atoms with E-state index in [1.807, 2.05) is 11.8 Å². The molecular formula is C21H21F2N5O3. The Morgan fingerprint density at radius 2 is 2.06 bits per heavy atom. The van der Waals surface area contributed by atoms with Crippen LogP contribution in [0.5, 0.6) is 5.75 Å². The average Bonchev–Trinajstić information content (AvgIpc) is 2.76. The lowest BCUT2D eigenvalue weighted by Crippen LogP contribution is -2.42. The number of aromatic nitrogens is 3. The Hall–Kier alpha value is -3.53. The van der Waals surface area contributed by atoms with Gasteiger partial charge in [-0.1, -0.05) is 12.1 Å². The fraction of sp³-hybridized carbons (Fsp3) is 0.286. The molecule has 4 rings (SSSR count). The molecule has 1 aliphatic rings. The van der Waals surface area contributed by atoms with Gasteiger partial charge in [0.1, 0.15) is 17.3 Å². The Labute approximate surface area is 176 Å². The van der Waals surface area contributed by atoms with Crippen LogP contribution < -0.4 is 20.5 Å². The number of hydrogen-bond acceptors (Lipinski definition) is 7. The molecule has 2 N–H and O–H groups in total. The molecule has 1 saturated heterocycles. The van der Waals surface area contributed by atoms with Gasteiger partial charge in [0.05, 0.1) is 12.7 Å². The minimum absolute atomic E-state index is 0.0625. The molecule has 1 aromatic carbocycles. The van der Waals surface area contributed by atoms with E-state index < -0.39 is 6.61 Å². The van der Waals surface area contributed by atoms with E-state index >= 15 is 0 Å². The number of anilines is 3. The van der Waals surface area contributed by atoms with E-state index in [2.05, 4.69) is 25.0 Å². The maximum atomic E-state index is 12.3. The van der Waals surface area contributed by atoms with E-state index in [1.165, 1.54) is 12.1 Å². The van der Waals surface area contributed by atoms with Crippen molar-refractivity contribution < 1.29 is 18.3 Å². The Morgan fingerprint density at radius 3 is 2.81 bits per heavy atom. The minimum atomic E-state index is -2.88. The highest BCUT2D eigenvalue weighted by atomic mass is 19.3. The number of H-pyrrole nitrogens is 1. The van der Waals surface area contributed by atoms with E-state index in [0.717, 1.165) is 5.56 Å². The highest BCUT2D eigenvalue weighted by Gasteiger charge is 2.19. The van der Waals surface area contributed by atoms with E-state index in [1.54, 1.807) is 36.7 Å². The van der Waals surface area contributed by atoms with Gasteiger partial charge in [-0.25, -0.2) is 4.98 Å². The molecule has 31 heavy (non-hydrogen) atoms.